The van der Waals surface area contributed by atoms with Crippen molar-refractivity contribution in [2.75, 3.05) is 0 Å². The van der Waals surface area contributed by atoms with Crippen LogP contribution in [0.4, 0.5) is 0 Å². The molecule has 1 N–H and O–H groups in total. The summed E-state index contributed by atoms with van der Waals surface area (Å²) in [5.41, 5.74) is 4.08. The summed E-state index contributed by atoms with van der Waals surface area (Å²) in [6, 6.07) is 0. The largest absolute Gasteiger partial charge is 0.397 e. The Kier molecular flexibility index (Phi) is 8.49. The van der Waals surface area contributed by atoms with Gasteiger partial charge in [0.1, 0.15) is 0 Å². The molecule has 5 heteroatoms. The number of allylic oxidation sites excluding steroid dienone is 4. The van der Waals surface area contributed by atoms with Gasteiger partial charge in [-0.3, -0.25) is 4.55 Å². The van der Waals surface area contributed by atoms with Gasteiger partial charge in [-0.15, -0.1) is 0 Å². The minimum Gasteiger partial charge on any atom is -0.264 e. The molecule has 3 aliphatic rings. The van der Waals surface area contributed by atoms with Gasteiger partial charge in [-0.1, -0.05) is 76.8 Å². The minimum atomic E-state index is -4.42. The van der Waals surface area contributed by atoms with Crippen molar-refractivity contribution in [3.05, 3.63) is 35.5 Å². The molecule has 0 unspecified atom stereocenters. The van der Waals surface area contributed by atoms with Crippen LogP contribution in [-0.4, -0.2) is 19.1 Å². The predicted octanol–water partition coefficient (Wildman–Crippen LogP) is 7.45. The monoisotopic (exact) mass is 464 g/mol. The molecule has 3 saturated carbocycles. The molecule has 0 saturated heterocycles. The fourth-order valence-electron chi connectivity index (χ4n) is 6.90. The highest BCUT2D eigenvalue weighted by Gasteiger charge is 2.50. The number of hydrogen-bond acceptors (Lipinski definition) is 3. The molecule has 182 valence electrons. The van der Waals surface area contributed by atoms with Crippen molar-refractivity contribution in [1.82, 2.24) is 0 Å². The second-order valence-corrected chi connectivity index (χ2v) is 12.4. The molecular weight excluding hydrogens is 420 g/mol. The van der Waals surface area contributed by atoms with Gasteiger partial charge in [0.15, 0.2) is 0 Å². The molecular formula is C27H44O4S. The van der Waals surface area contributed by atoms with E-state index >= 15 is 0 Å². The Bertz CT molecular complexity index is 838. The Balaban J connectivity index is 1.70. The molecule has 0 heterocycles. The van der Waals surface area contributed by atoms with Gasteiger partial charge in [-0.2, -0.15) is 8.42 Å². The molecule has 3 rings (SSSR count). The third-order valence-electron chi connectivity index (χ3n) is 8.59. The molecule has 0 aromatic heterocycles. The van der Waals surface area contributed by atoms with Crippen LogP contribution in [0.1, 0.15) is 98.3 Å². The number of fused-ring (bicyclic) bond motifs is 1. The molecule has 0 radical (unpaired) electrons. The van der Waals surface area contributed by atoms with Crippen molar-refractivity contribution in [3.63, 3.8) is 0 Å². The van der Waals surface area contributed by atoms with Crippen molar-refractivity contribution in [2.24, 2.45) is 29.1 Å². The summed E-state index contributed by atoms with van der Waals surface area (Å²) in [6.07, 6.45) is 16.1. The Morgan fingerprint density at radius 1 is 1.16 bits per heavy atom. The molecule has 0 aromatic rings. The van der Waals surface area contributed by atoms with Gasteiger partial charge >= 0.3 is 10.4 Å². The van der Waals surface area contributed by atoms with Crippen molar-refractivity contribution in [3.8, 4) is 0 Å². The third-order valence-corrected chi connectivity index (χ3v) is 9.11. The van der Waals surface area contributed by atoms with E-state index in [0.29, 0.717) is 30.6 Å². The topological polar surface area (TPSA) is 63.6 Å². The lowest BCUT2D eigenvalue weighted by Crippen LogP contribution is -2.36. The van der Waals surface area contributed by atoms with Crippen LogP contribution >= 0.6 is 0 Å². The Hall–Kier alpha value is -0.910. The quantitative estimate of drug-likeness (QED) is 0.379. The molecule has 3 aliphatic carbocycles. The zero-order valence-corrected chi connectivity index (χ0v) is 21.4. The molecule has 3 fully saturated rings. The lowest BCUT2D eigenvalue weighted by Gasteiger charge is -2.44. The maximum absolute atomic E-state index is 11.1. The van der Waals surface area contributed by atoms with Crippen LogP contribution in [0, 0.1) is 29.1 Å². The normalized spacial score (nSPS) is 34.9. The maximum atomic E-state index is 11.1. The van der Waals surface area contributed by atoms with Crippen molar-refractivity contribution >= 4 is 10.4 Å². The zero-order chi connectivity index (χ0) is 23.5. The first kappa shape index (κ1) is 25.7. The predicted molar refractivity (Wildman–Crippen MR) is 132 cm³/mol. The molecule has 0 aliphatic heterocycles. The van der Waals surface area contributed by atoms with E-state index in [4.69, 9.17) is 8.74 Å². The van der Waals surface area contributed by atoms with Crippen LogP contribution in [0.5, 0.6) is 0 Å². The molecule has 32 heavy (non-hydrogen) atoms. The summed E-state index contributed by atoms with van der Waals surface area (Å²) in [5, 5.41) is 0. The summed E-state index contributed by atoms with van der Waals surface area (Å²) in [5.74, 6) is 3.06. The van der Waals surface area contributed by atoms with E-state index in [1.54, 1.807) is 5.57 Å². The van der Waals surface area contributed by atoms with Gasteiger partial charge in [0.2, 0.25) is 0 Å². The van der Waals surface area contributed by atoms with Gasteiger partial charge in [0.05, 0.1) is 6.10 Å². The van der Waals surface area contributed by atoms with E-state index < -0.39 is 16.5 Å². The minimum absolute atomic E-state index is 0.403. The van der Waals surface area contributed by atoms with E-state index in [0.717, 1.165) is 35.3 Å². The fraction of sp³-hybridized carbons (Fsp3) is 0.778. The van der Waals surface area contributed by atoms with E-state index in [2.05, 4.69) is 46.4 Å². The van der Waals surface area contributed by atoms with Gasteiger partial charge in [0.25, 0.3) is 0 Å². The van der Waals surface area contributed by atoms with Crippen molar-refractivity contribution in [1.29, 1.82) is 0 Å². The molecule has 0 aromatic carbocycles. The lowest BCUT2D eigenvalue weighted by molar-refractivity contribution is 0.0929. The molecule has 5 atom stereocenters. The molecule has 0 spiro atoms. The second-order valence-electron chi connectivity index (χ2n) is 11.3. The zero-order valence-electron chi connectivity index (χ0n) is 20.6. The Morgan fingerprint density at radius 2 is 1.91 bits per heavy atom. The fourth-order valence-corrected chi connectivity index (χ4v) is 7.41. The molecule has 0 bridgehead atoms. The second kappa shape index (κ2) is 10.6. The van der Waals surface area contributed by atoms with E-state index in [9.17, 15) is 8.42 Å². The maximum Gasteiger partial charge on any atom is 0.397 e. The smallest absolute Gasteiger partial charge is 0.264 e. The van der Waals surface area contributed by atoms with Crippen LogP contribution in [-0.2, 0) is 14.6 Å². The van der Waals surface area contributed by atoms with Crippen molar-refractivity contribution in [2.45, 2.75) is 104 Å². The lowest BCUT2D eigenvalue weighted by atomic mass is 9.60. The Morgan fingerprint density at radius 3 is 2.59 bits per heavy atom. The van der Waals surface area contributed by atoms with E-state index in [1.807, 2.05) is 0 Å². The van der Waals surface area contributed by atoms with Gasteiger partial charge in [0, 0.05) is 6.42 Å². The summed E-state index contributed by atoms with van der Waals surface area (Å²) >= 11 is 0. The molecule has 4 nitrogen and oxygen atoms in total. The highest BCUT2D eigenvalue weighted by Crippen LogP contribution is 2.60. The highest BCUT2D eigenvalue weighted by molar-refractivity contribution is 7.80. The van der Waals surface area contributed by atoms with Crippen LogP contribution in [0.3, 0.4) is 0 Å². The highest BCUT2D eigenvalue weighted by atomic mass is 32.3. The van der Waals surface area contributed by atoms with Crippen LogP contribution in [0.25, 0.3) is 0 Å². The summed E-state index contributed by atoms with van der Waals surface area (Å²) in [6.45, 7) is 13.9. The Labute approximate surface area is 196 Å². The van der Waals surface area contributed by atoms with Crippen LogP contribution in [0.15, 0.2) is 35.5 Å². The van der Waals surface area contributed by atoms with E-state index in [1.165, 1.54) is 44.9 Å². The molecule has 0 amide bonds. The third kappa shape index (κ3) is 6.36. The van der Waals surface area contributed by atoms with Gasteiger partial charge < -0.3 is 0 Å². The number of hydrogen-bond donors (Lipinski definition) is 1. The summed E-state index contributed by atoms with van der Waals surface area (Å²) < 4.78 is 36.1. The number of rotatable bonds is 8. The van der Waals surface area contributed by atoms with Crippen molar-refractivity contribution < 1.29 is 17.2 Å². The standard InChI is InChI=1S/C27H44O4S/c1-19(2)8-6-9-21(4)25-15-16-26-22(10-7-17-27(25,26)5)12-13-23-18-24(14-11-20(23)3)31-32(28,29)30/h12-13,19,21,24-26H,3,6-11,14-18H2,1-2,4-5H3,(H,28,29,30)/b22-12+,23-13-/t21-,24-,25-,26+,27-/m1/s1. The van der Waals surface area contributed by atoms with Crippen LogP contribution in [0.2, 0.25) is 0 Å². The first-order chi connectivity index (χ1) is 15.0. The average molecular weight is 465 g/mol. The van der Waals surface area contributed by atoms with Gasteiger partial charge in [-0.05, 0) is 79.6 Å². The van der Waals surface area contributed by atoms with E-state index in [-0.39, 0.29) is 0 Å². The first-order valence-corrected chi connectivity index (χ1v) is 14.1. The van der Waals surface area contributed by atoms with Gasteiger partial charge in [-0.25, -0.2) is 4.18 Å². The summed E-state index contributed by atoms with van der Waals surface area (Å²) in [7, 11) is -4.42. The average Bonchev–Trinajstić information content (AvgIpc) is 3.04. The SMILES string of the molecule is C=C1CC[C@@H](OS(=O)(=O)O)C/C1=C/C=C1\CCC[C@]2(C)[C@@H]([C@H](C)CCCC(C)C)CC[C@@H]12. The summed E-state index contributed by atoms with van der Waals surface area (Å²) in [4.78, 5) is 0. The first-order valence-electron chi connectivity index (χ1n) is 12.7. The van der Waals surface area contributed by atoms with Crippen LogP contribution < -0.4 is 0 Å².